The van der Waals surface area contributed by atoms with Crippen LogP contribution < -0.4 is 0 Å². The summed E-state index contributed by atoms with van der Waals surface area (Å²) in [6.45, 7) is 3.82. The molecule has 1 aliphatic carbocycles. The van der Waals surface area contributed by atoms with E-state index in [9.17, 15) is 5.11 Å². The molecule has 116 valence electrons. The van der Waals surface area contributed by atoms with E-state index in [4.69, 9.17) is 0 Å². The quantitative estimate of drug-likeness (QED) is 0.890. The summed E-state index contributed by atoms with van der Waals surface area (Å²) in [5, 5.41) is 9.21. The Kier molecular flexibility index (Phi) is 4.80. The molecule has 0 fully saturated rings. The van der Waals surface area contributed by atoms with Gasteiger partial charge in [-0.3, -0.25) is 4.90 Å². The zero-order valence-corrected chi connectivity index (χ0v) is 13.1. The molecular weight excluding hydrogens is 274 g/mol. The lowest BCUT2D eigenvalue weighted by Gasteiger charge is -2.29. The summed E-state index contributed by atoms with van der Waals surface area (Å²) in [6.07, 6.45) is 4.87. The zero-order valence-electron chi connectivity index (χ0n) is 13.1. The van der Waals surface area contributed by atoms with Crippen molar-refractivity contribution in [2.24, 2.45) is 0 Å². The number of aliphatic hydroxyl groups is 1. The summed E-state index contributed by atoms with van der Waals surface area (Å²) < 4.78 is 0. The summed E-state index contributed by atoms with van der Waals surface area (Å²) in [5.41, 5.74) is 3.87. The maximum absolute atomic E-state index is 9.21. The molecule has 1 aliphatic rings. The van der Waals surface area contributed by atoms with Gasteiger partial charge < -0.3 is 5.11 Å². The highest BCUT2D eigenvalue weighted by Gasteiger charge is 2.27. The van der Waals surface area contributed by atoms with Crippen molar-refractivity contribution in [2.75, 3.05) is 13.2 Å². The molecule has 3 rings (SSSR count). The summed E-state index contributed by atoms with van der Waals surface area (Å²) in [5.74, 6) is 0.863. The van der Waals surface area contributed by atoms with Crippen molar-refractivity contribution < 1.29 is 5.11 Å². The molecule has 0 bridgehead atoms. The second-order valence-corrected chi connectivity index (χ2v) is 5.92. The Morgan fingerprint density at radius 1 is 1.27 bits per heavy atom. The van der Waals surface area contributed by atoms with E-state index < -0.39 is 0 Å². The molecule has 2 aromatic rings. The predicted octanol–water partition coefficient (Wildman–Crippen LogP) is 2.66. The van der Waals surface area contributed by atoms with Crippen LogP contribution in [0.3, 0.4) is 0 Å². The van der Waals surface area contributed by atoms with E-state index in [1.54, 1.807) is 0 Å². The molecule has 0 saturated carbocycles. The molecule has 1 N–H and O–H groups in total. The van der Waals surface area contributed by atoms with Crippen LogP contribution in [0.15, 0.2) is 36.5 Å². The van der Waals surface area contributed by atoms with Crippen LogP contribution in [0.2, 0.25) is 0 Å². The van der Waals surface area contributed by atoms with E-state index in [0.29, 0.717) is 6.04 Å². The van der Waals surface area contributed by atoms with Gasteiger partial charge in [0.2, 0.25) is 0 Å². The van der Waals surface area contributed by atoms with Crippen LogP contribution in [-0.4, -0.2) is 33.1 Å². The summed E-state index contributed by atoms with van der Waals surface area (Å²) >= 11 is 0. The van der Waals surface area contributed by atoms with Gasteiger partial charge in [-0.1, -0.05) is 24.3 Å². The number of rotatable bonds is 6. The largest absolute Gasteiger partial charge is 0.396 e. The first-order valence-electron chi connectivity index (χ1n) is 7.99. The normalized spacial score (nSPS) is 17.0. The monoisotopic (exact) mass is 297 g/mol. The van der Waals surface area contributed by atoms with Crippen LogP contribution in [0.1, 0.15) is 41.5 Å². The van der Waals surface area contributed by atoms with Crippen molar-refractivity contribution in [3.8, 4) is 0 Å². The summed E-state index contributed by atoms with van der Waals surface area (Å²) in [4.78, 5) is 11.3. The molecule has 1 aromatic heterocycles. The van der Waals surface area contributed by atoms with E-state index >= 15 is 0 Å². The zero-order chi connectivity index (χ0) is 15.4. The number of aliphatic hydroxyl groups excluding tert-OH is 1. The lowest BCUT2D eigenvalue weighted by atomic mass is 10.1. The first-order valence-corrected chi connectivity index (χ1v) is 7.99. The Balaban J connectivity index is 1.81. The number of benzene rings is 1. The van der Waals surface area contributed by atoms with Gasteiger partial charge in [-0.05, 0) is 43.4 Å². The number of aryl methyl sites for hydroxylation is 2. The van der Waals surface area contributed by atoms with Crippen molar-refractivity contribution in [1.29, 1.82) is 0 Å². The van der Waals surface area contributed by atoms with Gasteiger partial charge in [0.15, 0.2) is 0 Å². The van der Waals surface area contributed by atoms with Crippen molar-refractivity contribution in [3.05, 3.63) is 59.2 Å². The van der Waals surface area contributed by atoms with Crippen LogP contribution >= 0.6 is 0 Å². The van der Waals surface area contributed by atoms with Gasteiger partial charge in [-0.2, -0.15) is 0 Å². The molecule has 4 heteroatoms. The first kappa shape index (κ1) is 15.1. The Morgan fingerprint density at radius 2 is 2.14 bits per heavy atom. The van der Waals surface area contributed by atoms with E-state index in [2.05, 4.69) is 39.1 Å². The average molecular weight is 297 g/mol. The van der Waals surface area contributed by atoms with Gasteiger partial charge in [0, 0.05) is 31.1 Å². The molecule has 4 nitrogen and oxygen atoms in total. The average Bonchev–Trinajstić information content (AvgIpc) is 2.95. The number of fused-ring (bicyclic) bond motifs is 1. The third-order valence-electron chi connectivity index (χ3n) is 4.33. The van der Waals surface area contributed by atoms with Crippen molar-refractivity contribution in [3.63, 3.8) is 0 Å². The molecule has 0 spiro atoms. The SMILES string of the molecule is Cc1ccnc(CN(CCCO)C2CCc3ccccc32)n1. The maximum Gasteiger partial charge on any atom is 0.142 e. The highest BCUT2D eigenvalue weighted by molar-refractivity contribution is 5.34. The molecule has 0 saturated heterocycles. The topological polar surface area (TPSA) is 49.2 Å². The highest BCUT2D eigenvalue weighted by Crippen LogP contribution is 2.36. The minimum absolute atomic E-state index is 0.222. The fourth-order valence-corrected chi connectivity index (χ4v) is 3.29. The van der Waals surface area contributed by atoms with E-state index in [-0.39, 0.29) is 6.61 Å². The Morgan fingerprint density at radius 3 is 2.95 bits per heavy atom. The third-order valence-corrected chi connectivity index (χ3v) is 4.33. The molecule has 0 amide bonds. The number of nitrogens with zero attached hydrogens (tertiary/aromatic N) is 3. The van der Waals surface area contributed by atoms with Crippen molar-refractivity contribution in [2.45, 2.75) is 38.8 Å². The smallest absolute Gasteiger partial charge is 0.142 e. The lowest BCUT2D eigenvalue weighted by Crippen LogP contribution is -2.29. The van der Waals surface area contributed by atoms with Gasteiger partial charge in [-0.25, -0.2) is 9.97 Å². The minimum atomic E-state index is 0.222. The third kappa shape index (κ3) is 3.34. The van der Waals surface area contributed by atoms with Gasteiger partial charge in [0.1, 0.15) is 5.82 Å². The Bertz CT molecular complexity index is 629. The van der Waals surface area contributed by atoms with Crippen LogP contribution in [0, 0.1) is 6.92 Å². The molecule has 1 aromatic carbocycles. The van der Waals surface area contributed by atoms with Gasteiger partial charge in [0.05, 0.1) is 6.54 Å². The summed E-state index contributed by atoms with van der Waals surface area (Å²) in [6, 6.07) is 11.0. The highest BCUT2D eigenvalue weighted by atomic mass is 16.3. The van der Waals surface area contributed by atoms with Crippen LogP contribution in [0.4, 0.5) is 0 Å². The van der Waals surface area contributed by atoms with E-state index in [1.165, 1.54) is 11.1 Å². The van der Waals surface area contributed by atoms with Crippen molar-refractivity contribution >= 4 is 0 Å². The second kappa shape index (κ2) is 6.99. The Labute approximate surface area is 131 Å². The second-order valence-electron chi connectivity index (χ2n) is 5.92. The number of hydrogen-bond donors (Lipinski definition) is 1. The maximum atomic E-state index is 9.21. The van der Waals surface area contributed by atoms with Crippen molar-refractivity contribution in [1.82, 2.24) is 14.9 Å². The standard InChI is InChI=1S/C18H23N3O/c1-14-9-10-19-18(20-14)13-21(11-4-12-22)17-8-7-15-5-2-3-6-16(15)17/h2-3,5-6,9-10,17,22H,4,7-8,11-13H2,1H3. The molecule has 0 radical (unpaired) electrons. The molecule has 0 aliphatic heterocycles. The van der Waals surface area contributed by atoms with Crippen LogP contribution in [-0.2, 0) is 13.0 Å². The Hall–Kier alpha value is -1.78. The van der Waals surface area contributed by atoms with E-state index in [0.717, 1.165) is 43.9 Å². The molecule has 1 atom stereocenters. The molecule has 1 unspecified atom stereocenters. The number of aromatic nitrogens is 2. The molecular formula is C18H23N3O. The molecule has 22 heavy (non-hydrogen) atoms. The molecule has 1 heterocycles. The van der Waals surface area contributed by atoms with E-state index in [1.807, 2.05) is 19.2 Å². The van der Waals surface area contributed by atoms with Crippen LogP contribution in [0.5, 0.6) is 0 Å². The van der Waals surface area contributed by atoms with Gasteiger partial charge in [-0.15, -0.1) is 0 Å². The minimum Gasteiger partial charge on any atom is -0.396 e. The predicted molar refractivity (Wildman–Crippen MR) is 86.4 cm³/mol. The lowest BCUT2D eigenvalue weighted by molar-refractivity contribution is 0.162. The van der Waals surface area contributed by atoms with Crippen LogP contribution in [0.25, 0.3) is 0 Å². The van der Waals surface area contributed by atoms with Gasteiger partial charge in [0.25, 0.3) is 0 Å². The number of hydrogen-bond acceptors (Lipinski definition) is 4. The fourth-order valence-electron chi connectivity index (χ4n) is 3.29. The summed E-state index contributed by atoms with van der Waals surface area (Å²) in [7, 11) is 0. The fraction of sp³-hybridized carbons (Fsp3) is 0.444. The van der Waals surface area contributed by atoms with Gasteiger partial charge >= 0.3 is 0 Å². The first-order chi connectivity index (χ1) is 10.8.